The number of amides is 2. The maximum Gasteiger partial charge on any atom is 0.321 e. The number of carbonyl (C=O) groups excluding carboxylic acids is 1. The molecule has 0 radical (unpaired) electrons. The molecule has 0 unspecified atom stereocenters. The number of para-hydroxylation sites is 3. The Bertz CT molecular complexity index is 1150. The third kappa shape index (κ3) is 4.31. The summed E-state index contributed by atoms with van der Waals surface area (Å²) in [4.78, 5) is 23.2. The molecule has 5 rings (SSSR count). The van der Waals surface area contributed by atoms with E-state index >= 15 is 0 Å². The molecule has 31 heavy (non-hydrogen) atoms. The summed E-state index contributed by atoms with van der Waals surface area (Å²) in [5, 5.41) is 3.16. The number of nitrogens with one attached hydrogen (secondary N) is 2. The highest BCUT2D eigenvalue weighted by Crippen LogP contribution is 2.27. The predicted octanol–water partition coefficient (Wildman–Crippen LogP) is 5.57. The topological polar surface area (TPSA) is 61.0 Å². The average Bonchev–Trinajstić information content (AvgIpc) is 3.26. The van der Waals surface area contributed by atoms with Gasteiger partial charge in [0.25, 0.3) is 0 Å². The molecule has 1 saturated heterocycles. The van der Waals surface area contributed by atoms with Crippen molar-refractivity contribution in [1.82, 2.24) is 14.9 Å². The van der Waals surface area contributed by atoms with E-state index in [0.717, 1.165) is 53.9 Å². The molecule has 0 aliphatic carbocycles. The number of imidazole rings is 1. The van der Waals surface area contributed by atoms with Crippen molar-refractivity contribution in [2.24, 2.45) is 0 Å². The number of urea groups is 1. The first-order valence-corrected chi connectivity index (χ1v) is 10.9. The molecule has 1 fully saturated rings. The Labute approximate surface area is 182 Å². The maximum atomic E-state index is 13.1. The number of piperidine rings is 1. The first-order chi connectivity index (χ1) is 15.3. The van der Waals surface area contributed by atoms with E-state index in [4.69, 9.17) is 4.98 Å². The van der Waals surface area contributed by atoms with E-state index in [1.807, 2.05) is 65.6 Å². The van der Waals surface area contributed by atoms with Crippen LogP contribution in [-0.2, 0) is 6.42 Å². The highest BCUT2D eigenvalue weighted by molar-refractivity contribution is 5.90. The van der Waals surface area contributed by atoms with E-state index < -0.39 is 0 Å². The normalized spacial score (nSPS) is 16.4. The zero-order valence-corrected chi connectivity index (χ0v) is 17.4. The zero-order valence-electron chi connectivity index (χ0n) is 17.4. The minimum absolute atomic E-state index is 0.0404. The van der Waals surface area contributed by atoms with Crippen LogP contribution in [0.5, 0.6) is 0 Å². The summed E-state index contributed by atoms with van der Waals surface area (Å²) in [6.07, 6.45) is 2.80. The van der Waals surface area contributed by atoms with Gasteiger partial charge in [-0.1, -0.05) is 60.7 Å². The fourth-order valence-corrected chi connectivity index (χ4v) is 4.36. The van der Waals surface area contributed by atoms with E-state index in [-0.39, 0.29) is 11.9 Å². The molecule has 3 aromatic carbocycles. The molecule has 0 spiro atoms. The van der Waals surface area contributed by atoms with Gasteiger partial charge < -0.3 is 15.2 Å². The summed E-state index contributed by atoms with van der Waals surface area (Å²) in [7, 11) is 0. The Hall–Kier alpha value is -3.60. The minimum atomic E-state index is -0.0404. The van der Waals surface area contributed by atoms with Crippen LogP contribution >= 0.6 is 0 Å². The molecule has 5 nitrogen and oxygen atoms in total. The molecule has 2 heterocycles. The number of fused-ring (bicyclic) bond motifs is 1. The van der Waals surface area contributed by atoms with Gasteiger partial charge >= 0.3 is 6.03 Å². The lowest BCUT2D eigenvalue weighted by atomic mass is 9.97. The second kappa shape index (κ2) is 8.64. The summed E-state index contributed by atoms with van der Waals surface area (Å²) in [5.41, 5.74) is 5.25. The van der Waals surface area contributed by atoms with Crippen molar-refractivity contribution in [1.29, 1.82) is 0 Å². The van der Waals surface area contributed by atoms with Crippen LogP contribution in [0, 0.1) is 0 Å². The Morgan fingerprint density at radius 2 is 1.77 bits per heavy atom. The van der Waals surface area contributed by atoms with E-state index in [2.05, 4.69) is 28.5 Å². The molecule has 156 valence electrons. The van der Waals surface area contributed by atoms with Gasteiger partial charge in [0, 0.05) is 24.7 Å². The lowest BCUT2D eigenvalue weighted by Crippen LogP contribution is -2.42. The summed E-state index contributed by atoms with van der Waals surface area (Å²) in [5.74, 6) is 1.20. The molecule has 5 heteroatoms. The number of nitrogens with zero attached hydrogens (tertiary/aromatic N) is 2. The molecule has 2 N–H and O–H groups in total. The highest BCUT2D eigenvalue weighted by atomic mass is 16.2. The summed E-state index contributed by atoms with van der Waals surface area (Å²) < 4.78 is 0. The van der Waals surface area contributed by atoms with Gasteiger partial charge in [-0.2, -0.15) is 0 Å². The van der Waals surface area contributed by atoms with Crippen LogP contribution in [0.25, 0.3) is 11.0 Å². The standard InChI is InChI=1S/C26H26N4O/c31-26(29-22-13-5-4-11-20(22)17-19-9-2-1-3-10-19)30-16-8-12-21(18-30)25-27-23-14-6-7-15-24(23)28-25/h1-7,9-11,13-15,21H,8,12,16-18H2,(H,27,28)(H,29,31)/t21-/m0/s1. The van der Waals surface area contributed by atoms with E-state index in [1.165, 1.54) is 5.56 Å². The lowest BCUT2D eigenvalue weighted by molar-refractivity contribution is 0.191. The molecular weight excluding hydrogens is 384 g/mol. The van der Waals surface area contributed by atoms with Gasteiger partial charge in [0.15, 0.2) is 0 Å². The number of rotatable bonds is 4. The van der Waals surface area contributed by atoms with Gasteiger partial charge in [0.2, 0.25) is 0 Å². The molecule has 2 amide bonds. The molecule has 1 atom stereocenters. The third-order valence-corrected chi connectivity index (χ3v) is 6.00. The number of carbonyl (C=O) groups is 1. The SMILES string of the molecule is O=C(Nc1ccccc1Cc1ccccc1)N1CCC[C@H](c2nc3ccccc3[nH]2)C1. The number of H-pyrrole nitrogens is 1. The Morgan fingerprint density at radius 3 is 2.65 bits per heavy atom. The quantitative estimate of drug-likeness (QED) is 0.462. The predicted molar refractivity (Wildman–Crippen MR) is 124 cm³/mol. The van der Waals surface area contributed by atoms with Crippen molar-refractivity contribution in [2.75, 3.05) is 18.4 Å². The second-order valence-corrected chi connectivity index (χ2v) is 8.17. The fourth-order valence-electron chi connectivity index (χ4n) is 4.36. The van der Waals surface area contributed by atoms with Crippen molar-refractivity contribution in [3.05, 3.63) is 95.8 Å². The second-order valence-electron chi connectivity index (χ2n) is 8.17. The molecule has 1 aliphatic heterocycles. The lowest BCUT2D eigenvalue weighted by Gasteiger charge is -2.32. The van der Waals surface area contributed by atoms with E-state index in [0.29, 0.717) is 6.54 Å². The van der Waals surface area contributed by atoms with Crippen LogP contribution < -0.4 is 5.32 Å². The summed E-state index contributed by atoms with van der Waals surface area (Å²) >= 11 is 0. The van der Waals surface area contributed by atoms with Gasteiger partial charge in [-0.3, -0.25) is 0 Å². The van der Waals surface area contributed by atoms with Crippen molar-refractivity contribution < 1.29 is 4.79 Å². The number of hydrogen-bond acceptors (Lipinski definition) is 2. The van der Waals surface area contributed by atoms with Gasteiger partial charge in [-0.15, -0.1) is 0 Å². The van der Waals surface area contributed by atoms with Gasteiger partial charge in [-0.25, -0.2) is 9.78 Å². The first-order valence-electron chi connectivity index (χ1n) is 10.9. The van der Waals surface area contributed by atoms with Crippen LogP contribution in [0.3, 0.4) is 0 Å². The van der Waals surface area contributed by atoms with Crippen LogP contribution in [0.1, 0.15) is 35.7 Å². The molecular formula is C26H26N4O. The van der Waals surface area contributed by atoms with Gasteiger partial charge in [0.05, 0.1) is 11.0 Å². The molecule has 0 saturated carbocycles. The summed E-state index contributed by atoms with van der Waals surface area (Å²) in [6, 6.07) is 26.4. The van der Waals surface area contributed by atoms with Gasteiger partial charge in [-0.05, 0) is 48.6 Å². The van der Waals surface area contributed by atoms with Crippen molar-refractivity contribution >= 4 is 22.8 Å². The Balaban J connectivity index is 1.29. The van der Waals surface area contributed by atoms with Gasteiger partial charge in [0.1, 0.15) is 5.82 Å². The van der Waals surface area contributed by atoms with Crippen LogP contribution in [-0.4, -0.2) is 34.0 Å². The molecule has 4 aromatic rings. The van der Waals surface area contributed by atoms with Crippen molar-refractivity contribution in [2.45, 2.75) is 25.2 Å². The number of hydrogen-bond donors (Lipinski definition) is 2. The first kappa shape index (κ1) is 19.4. The van der Waals surface area contributed by atoms with Crippen LogP contribution in [0.2, 0.25) is 0 Å². The van der Waals surface area contributed by atoms with E-state index in [1.54, 1.807) is 0 Å². The minimum Gasteiger partial charge on any atom is -0.342 e. The van der Waals surface area contributed by atoms with Crippen LogP contribution in [0.4, 0.5) is 10.5 Å². The summed E-state index contributed by atoms with van der Waals surface area (Å²) in [6.45, 7) is 1.44. The highest BCUT2D eigenvalue weighted by Gasteiger charge is 2.27. The van der Waals surface area contributed by atoms with E-state index in [9.17, 15) is 4.79 Å². The molecule has 0 bridgehead atoms. The number of benzene rings is 3. The monoisotopic (exact) mass is 410 g/mol. The molecule has 1 aliphatic rings. The zero-order chi connectivity index (χ0) is 21.0. The molecule has 1 aromatic heterocycles. The van der Waals surface area contributed by atoms with Crippen molar-refractivity contribution in [3.63, 3.8) is 0 Å². The Morgan fingerprint density at radius 1 is 1.00 bits per heavy atom. The number of aromatic nitrogens is 2. The average molecular weight is 411 g/mol. The third-order valence-electron chi connectivity index (χ3n) is 6.00. The number of aromatic amines is 1. The van der Waals surface area contributed by atoms with Crippen molar-refractivity contribution in [3.8, 4) is 0 Å². The number of anilines is 1. The fraction of sp³-hybridized carbons (Fsp3) is 0.231. The number of likely N-dealkylation sites (tertiary alicyclic amines) is 1. The Kier molecular flexibility index (Phi) is 5.40. The largest absolute Gasteiger partial charge is 0.342 e. The van der Waals surface area contributed by atoms with Crippen LogP contribution in [0.15, 0.2) is 78.9 Å². The maximum absolute atomic E-state index is 13.1. The smallest absolute Gasteiger partial charge is 0.321 e.